The van der Waals surface area contributed by atoms with Gasteiger partial charge in [0.2, 0.25) is 0 Å². The monoisotopic (exact) mass is 467 g/mol. The Labute approximate surface area is 201 Å². The smallest absolute Gasteiger partial charge is 0.258 e. The molecule has 2 saturated heterocycles. The summed E-state index contributed by atoms with van der Waals surface area (Å²) in [7, 11) is 0. The molecule has 182 valence electrons. The van der Waals surface area contributed by atoms with Crippen LogP contribution in [-0.4, -0.2) is 66.5 Å². The maximum absolute atomic E-state index is 14.0. The van der Waals surface area contributed by atoms with E-state index in [0.29, 0.717) is 17.2 Å². The number of piperidine rings is 1. The number of rotatable bonds is 5. The summed E-state index contributed by atoms with van der Waals surface area (Å²) in [6.07, 6.45) is 2.49. The van der Waals surface area contributed by atoms with Crippen molar-refractivity contribution in [3.63, 3.8) is 0 Å². The first kappa shape index (κ1) is 24.4. The Morgan fingerprint density at radius 1 is 1.06 bits per heavy atom. The Morgan fingerprint density at radius 2 is 1.74 bits per heavy atom. The van der Waals surface area contributed by atoms with Gasteiger partial charge in [-0.25, -0.2) is 4.39 Å². The minimum atomic E-state index is -0.575. The number of nitrogens with one attached hydrogen (secondary N) is 1. The first-order chi connectivity index (χ1) is 16.3. The highest BCUT2D eigenvalue weighted by atomic mass is 19.1. The number of anilines is 1. The maximum Gasteiger partial charge on any atom is 0.258 e. The van der Waals surface area contributed by atoms with Crippen molar-refractivity contribution in [2.45, 2.75) is 45.8 Å². The number of hydrogen-bond acceptors (Lipinski definition) is 4. The van der Waals surface area contributed by atoms with E-state index in [1.165, 1.54) is 12.1 Å². The van der Waals surface area contributed by atoms with E-state index >= 15 is 0 Å². The summed E-state index contributed by atoms with van der Waals surface area (Å²) in [5, 5.41) is 2.76. The summed E-state index contributed by atoms with van der Waals surface area (Å²) in [4.78, 5) is 30.1. The zero-order chi connectivity index (χ0) is 24.2. The van der Waals surface area contributed by atoms with Gasteiger partial charge in [-0.2, -0.15) is 0 Å². The van der Waals surface area contributed by atoms with E-state index < -0.39 is 11.7 Å². The Bertz CT molecular complexity index is 1030. The number of benzene rings is 2. The fourth-order valence-electron chi connectivity index (χ4n) is 5.02. The minimum Gasteiger partial charge on any atom is -0.373 e. The van der Waals surface area contributed by atoms with Crippen molar-refractivity contribution < 1.29 is 18.7 Å². The van der Waals surface area contributed by atoms with Crippen LogP contribution in [0.25, 0.3) is 0 Å². The van der Waals surface area contributed by atoms with Crippen molar-refractivity contribution in [3.05, 3.63) is 65.0 Å². The molecule has 2 aliphatic rings. The van der Waals surface area contributed by atoms with Crippen LogP contribution < -0.4 is 5.32 Å². The van der Waals surface area contributed by atoms with Crippen molar-refractivity contribution in [1.29, 1.82) is 0 Å². The Balaban J connectivity index is 1.35. The molecule has 2 aromatic carbocycles. The maximum atomic E-state index is 14.0. The van der Waals surface area contributed by atoms with Crippen LogP contribution >= 0.6 is 0 Å². The van der Waals surface area contributed by atoms with Crippen LogP contribution in [0.2, 0.25) is 0 Å². The lowest BCUT2D eigenvalue weighted by Crippen LogP contribution is -2.48. The van der Waals surface area contributed by atoms with Crippen molar-refractivity contribution in [2.75, 3.05) is 38.0 Å². The van der Waals surface area contributed by atoms with Gasteiger partial charge in [-0.1, -0.05) is 18.2 Å². The van der Waals surface area contributed by atoms with Gasteiger partial charge in [0.1, 0.15) is 5.82 Å². The highest BCUT2D eigenvalue weighted by molar-refractivity contribution is 6.05. The van der Waals surface area contributed by atoms with Crippen molar-refractivity contribution in [2.24, 2.45) is 5.92 Å². The number of morpholine rings is 1. The SMILES string of the molecule is Cc1ccc(C(=O)N2CCC(CN3CC(C)OC(C)C3)CC2)cc1NC(=O)c1ccccc1F. The van der Waals surface area contributed by atoms with Crippen molar-refractivity contribution in [1.82, 2.24) is 9.80 Å². The van der Waals surface area contributed by atoms with Gasteiger partial charge in [0.05, 0.1) is 17.8 Å². The Hall–Kier alpha value is -2.77. The third kappa shape index (κ3) is 5.83. The second-order valence-corrected chi connectivity index (χ2v) is 9.68. The fraction of sp³-hybridized carbons (Fsp3) is 0.481. The summed E-state index contributed by atoms with van der Waals surface area (Å²) in [5.74, 6) is -0.559. The van der Waals surface area contributed by atoms with Gasteiger partial charge in [-0.3, -0.25) is 14.5 Å². The molecular formula is C27H34FN3O3. The third-order valence-electron chi connectivity index (χ3n) is 6.76. The molecule has 2 atom stereocenters. The lowest BCUT2D eigenvalue weighted by atomic mass is 9.95. The molecule has 4 rings (SSSR count). The predicted molar refractivity (Wildman–Crippen MR) is 131 cm³/mol. The molecule has 0 aliphatic carbocycles. The molecule has 2 amide bonds. The van der Waals surface area contributed by atoms with E-state index in [1.807, 2.05) is 17.9 Å². The molecule has 7 heteroatoms. The molecule has 0 radical (unpaired) electrons. The summed E-state index contributed by atoms with van der Waals surface area (Å²) >= 11 is 0. The van der Waals surface area contributed by atoms with E-state index in [9.17, 15) is 14.0 Å². The first-order valence-corrected chi connectivity index (χ1v) is 12.1. The van der Waals surface area contributed by atoms with E-state index in [1.54, 1.807) is 24.3 Å². The standard InChI is InChI=1S/C27H34FN3O3/c1-18-8-9-22(14-25(18)29-26(32)23-6-4-5-7-24(23)28)27(33)31-12-10-21(11-13-31)17-30-15-19(2)34-20(3)16-30/h4-9,14,19-21H,10-13,15-17H2,1-3H3,(H,29,32). The second-order valence-electron chi connectivity index (χ2n) is 9.68. The highest BCUT2D eigenvalue weighted by Gasteiger charge is 2.28. The number of nitrogens with zero attached hydrogens (tertiary/aromatic N) is 2. The van der Waals surface area contributed by atoms with Gasteiger partial charge in [0.15, 0.2) is 0 Å². The fourth-order valence-corrected chi connectivity index (χ4v) is 5.02. The summed E-state index contributed by atoms with van der Waals surface area (Å²) in [5.41, 5.74) is 1.84. The van der Waals surface area contributed by atoms with Gasteiger partial charge >= 0.3 is 0 Å². The van der Waals surface area contributed by atoms with Crippen LogP contribution in [0.3, 0.4) is 0 Å². The molecule has 0 saturated carbocycles. The van der Waals surface area contributed by atoms with Crippen molar-refractivity contribution in [3.8, 4) is 0 Å². The van der Waals surface area contributed by atoms with Gasteiger partial charge in [0, 0.05) is 44.0 Å². The minimum absolute atomic E-state index is 0.0234. The van der Waals surface area contributed by atoms with Crippen LogP contribution in [0, 0.1) is 18.7 Å². The van der Waals surface area contributed by atoms with Gasteiger partial charge in [-0.15, -0.1) is 0 Å². The first-order valence-electron chi connectivity index (χ1n) is 12.1. The zero-order valence-electron chi connectivity index (χ0n) is 20.2. The van der Waals surface area contributed by atoms with E-state index in [0.717, 1.165) is 51.1 Å². The third-order valence-corrected chi connectivity index (χ3v) is 6.76. The molecule has 34 heavy (non-hydrogen) atoms. The van der Waals surface area contributed by atoms with Crippen molar-refractivity contribution >= 4 is 17.5 Å². The van der Waals surface area contributed by atoms with Crippen LogP contribution in [0.1, 0.15) is 53.0 Å². The molecular weight excluding hydrogens is 433 g/mol. The van der Waals surface area contributed by atoms with E-state index in [-0.39, 0.29) is 23.7 Å². The average Bonchev–Trinajstić information content (AvgIpc) is 2.80. The molecule has 1 N–H and O–H groups in total. The molecule has 2 aliphatic heterocycles. The number of hydrogen-bond donors (Lipinski definition) is 1. The van der Waals surface area contributed by atoms with Gasteiger partial charge in [0.25, 0.3) is 11.8 Å². The molecule has 0 aromatic heterocycles. The number of aryl methyl sites for hydroxylation is 1. The lowest BCUT2D eigenvalue weighted by Gasteiger charge is -2.39. The number of halogens is 1. The van der Waals surface area contributed by atoms with Crippen LogP contribution in [0.4, 0.5) is 10.1 Å². The molecule has 6 nitrogen and oxygen atoms in total. The highest BCUT2D eigenvalue weighted by Crippen LogP contribution is 2.24. The Morgan fingerprint density at radius 3 is 2.41 bits per heavy atom. The molecule has 2 fully saturated rings. The Kier molecular flexibility index (Phi) is 7.63. The van der Waals surface area contributed by atoms with Gasteiger partial charge < -0.3 is 15.0 Å². The number of likely N-dealkylation sites (tertiary alicyclic amines) is 1. The van der Waals surface area contributed by atoms with E-state index in [2.05, 4.69) is 24.1 Å². The largest absolute Gasteiger partial charge is 0.373 e. The summed E-state index contributed by atoms with van der Waals surface area (Å²) < 4.78 is 19.8. The number of amides is 2. The zero-order valence-corrected chi connectivity index (χ0v) is 20.2. The topological polar surface area (TPSA) is 61.9 Å². The summed E-state index contributed by atoms with van der Waals surface area (Å²) in [6, 6.07) is 11.2. The molecule has 2 unspecified atom stereocenters. The molecule has 0 spiro atoms. The van der Waals surface area contributed by atoms with Crippen LogP contribution in [-0.2, 0) is 4.74 Å². The van der Waals surface area contributed by atoms with Crippen LogP contribution in [0.5, 0.6) is 0 Å². The second kappa shape index (κ2) is 10.7. The number of carbonyl (C=O) groups is 2. The lowest BCUT2D eigenvalue weighted by molar-refractivity contribution is -0.0728. The van der Waals surface area contributed by atoms with Gasteiger partial charge in [-0.05, 0) is 69.4 Å². The molecule has 2 aromatic rings. The average molecular weight is 468 g/mol. The molecule has 2 heterocycles. The predicted octanol–water partition coefficient (Wildman–Crippen LogP) is 4.35. The van der Waals surface area contributed by atoms with Crippen LogP contribution in [0.15, 0.2) is 42.5 Å². The summed E-state index contributed by atoms with van der Waals surface area (Å²) in [6.45, 7) is 10.5. The number of ether oxygens (including phenoxy) is 1. The number of carbonyl (C=O) groups excluding carboxylic acids is 2. The normalized spacial score (nSPS) is 21.9. The quantitative estimate of drug-likeness (QED) is 0.710. The van der Waals surface area contributed by atoms with E-state index in [4.69, 9.17) is 4.74 Å². The molecule has 0 bridgehead atoms.